The normalized spacial score (nSPS) is 26.4. The molecule has 1 aliphatic rings. The van der Waals surface area contributed by atoms with Gasteiger partial charge in [-0.1, -0.05) is 36.4 Å². The quantitative estimate of drug-likeness (QED) is 0.635. The fourth-order valence-electron chi connectivity index (χ4n) is 1.36. The Kier molecular flexibility index (Phi) is 1.62. The van der Waals surface area contributed by atoms with Gasteiger partial charge in [-0.15, -0.1) is 0 Å². The molecule has 0 radical (unpaired) electrons. The third-order valence-electron chi connectivity index (χ3n) is 2.11. The van der Waals surface area contributed by atoms with Crippen LogP contribution in [0.2, 0.25) is 0 Å². The Labute approximate surface area is 83.9 Å². The van der Waals surface area contributed by atoms with Crippen LogP contribution in [0.5, 0.6) is 0 Å². The monoisotopic (exact) mass is 176 g/mol. The standard InChI is InChI=1S/C12H15N/c1-13-9-7-12(8-10-13)11-5-3-2-4-6-11/h2-7H,8-10H2,1H3/i7D,8D2. The Morgan fingerprint density at radius 3 is 2.85 bits per heavy atom. The van der Waals surface area contributed by atoms with Crippen molar-refractivity contribution < 1.29 is 4.11 Å². The summed E-state index contributed by atoms with van der Waals surface area (Å²) in [5, 5.41) is 0. The molecule has 0 amide bonds. The van der Waals surface area contributed by atoms with Crippen LogP contribution in [0.25, 0.3) is 5.57 Å². The average Bonchev–Trinajstić information content (AvgIpc) is 2.15. The largest absolute Gasteiger partial charge is 0.302 e. The molecule has 0 fully saturated rings. The molecule has 0 saturated heterocycles. The molecule has 1 heteroatoms. The summed E-state index contributed by atoms with van der Waals surface area (Å²) in [6.45, 7) is 0.864. The first-order valence-electron chi connectivity index (χ1n) is 5.95. The molecule has 0 spiro atoms. The first kappa shape index (κ1) is 5.61. The lowest BCUT2D eigenvalue weighted by molar-refractivity contribution is 0.370. The number of rotatable bonds is 1. The van der Waals surface area contributed by atoms with Gasteiger partial charge in [-0.25, -0.2) is 0 Å². The molecule has 2 rings (SSSR count). The molecule has 0 atom stereocenters. The van der Waals surface area contributed by atoms with Crippen LogP contribution in [0.4, 0.5) is 0 Å². The zero-order valence-corrected chi connectivity index (χ0v) is 7.75. The Morgan fingerprint density at radius 1 is 1.38 bits per heavy atom. The molecule has 1 nitrogen and oxygen atoms in total. The van der Waals surface area contributed by atoms with E-state index in [0.717, 1.165) is 5.56 Å². The molecule has 0 unspecified atom stereocenters. The number of likely N-dealkylation sites (N-methyl/N-ethyl adjacent to an activating group) is 1. The molecule has 0 saturated carbocycles. The third kappa shape index (κ3) is 1.99. The van der Waals surface area contributed by atoms with Crippen molar-refractivity contribution in [3.8, 4) is 0 Å². The van der Waals surface area contributed by atoms with Crippen molar-refractivity contribution in [2.24, 2.45) is 0 Å². The second kappa shape index (κ2) is 3.75. The summed E-state index contributed by atoms with van der Waals surface area (Å²) in [7, 11) is 1.84. The molecular formula is C12H15N. The van der Waals surface area contributed by atoms with E-state index < -0.39 is 6.37 Å². The van der Waals surface area contributed by atoms with E-state index in [4.69, 9.17) is 4.11 Å². The summed E-state index contributed by atoms with van der Waals surface area (Å²) in [6, 6.07) is 9.77. The fourth-order valence-corrected chi connectivity index (χ4v) is 1.36. The molecule has 1 aromatic rings. The lowest BCUT2D eigenvalue weighted by atomic mass is 10.00. The molecule has 0 N–H and O–H groups in total. The zero-order valence-electron chi connectivity index (χ0n) is 10.7. The van der Waals surface area contributed by atoms with Gasteiger partial charge in [-0.3, -0.25) is 0 Å². The molecule has 13 heavy (non-hydrogen) atoms. The Hall–Kier alpha value is -1.08. The minimum atomic E-state index is -1.44. The zero-order chi connectivity index (χ0) is 11.8. The highest BCUT2D eigenvalue weighted by molar-refractivity contribution is 5.66. The van der Waals surface area contributed by atoms with E-state index in [-0.39, 0.29) is 0 Å². The number of benzene rings is 1. The van der Waals surface area contributed by atoms with Crippen molar-refractivity contribution in [1.82, 2.24) is 4.90 Å². The van der Waals surface area contributed by atoms with Crippen molar-refractivity contribution in [2.75, 3.05) is 20.1 Å². The molecule has 1 aromatic carbocycles. The number of nitrogens with zero attached hydrogens (tertiary/aromatic N) is 1. The summed E-state index contributed by atoms with van der Waals surface area (Å²) in [5.74, 6) is 0. The summed E-state index contributed by atoms with van der Waals surface area (Å²) < 4.78 is 24.0. The Bertz CT molecular complexity index is 412. The van der Waals surface area contributed by atoms with Gasteiger partial charge >= 0.3 is 0 Å². The van der Waals surface area contributed by atoms with Gasteiger partial charge in [0.05, 0.1) is 1.37 Å². The smallest absolute Gasteiger partial charge is 0.0593 e. The van der Waals surface area contributed by atoms with Gasteiger partial charge in [0.15, 0.2) is 0 Å². The third-order valence-corrected chi connectivity index (χ3v) is 2.11. The van der Waals surface area contributed by atoms with Gasteiger partial charge in [0.25, 0.3) is 0 Å². The maximum absolute atomic E-state index is 8.03. The van der Waals surface area contributed by atoms with E-state index in [0.29, 0.717) is 24.7 Å². The van der Waals surface area contributed by atoms with Crippen LogP contribution in [-0.4, -0.2) is 25.0 Å². The predicted octanol–water partition coefficient (Wildman–Crippen LogP) is 2.41. The van der Waals surface area contributed by atoms with E-state index in [9.17, 15) is 0 Å². The maximum Gasteiger partial charge on any atom is 0.0593 e. The second-order valence-corrected chi connectivity index (χ2v) is 3.27. The van der Waals surface area contributed by atoms with Crippen molar-refractivity contribution >= 4 is 5.57 Å². The van der Waals surface area contributed by atoms with Crippen LogP contribution in [0, 0.1) is 0 Å². The number of hydrogen-bond donors (Lipinski definition) is 0. The lowest BCUT2D eigenvalue weighted by Crippen LogP contribution is -2.23. The predicted molar refractivity (Wildman–Crippen MR) is 56.5 cm³/mol. The SMILES string of the molecule is [2H]C1=C(c2ccccc2)C([2H])([2H])CN(C)C1. The van der Waals surface area contributed by atoms with Gasteiger partial charge in [0.2, 0.25) is 0 Å². The first-order chi connectivity index (χ1) is 7.50. The first-order valence-corrected chi connectivity index (χ1v) is 4.45. The fraction of sp³-hybridized carbons (Fsp3) is 0.333. The van der Waals surface area contributed by atoms with Gasteiger partial charge in [-0.05, 0) is 24.6 Å². The Morgan fingerprint density at radius 2 is 2.15 bits per heavy atom. The van der Waals surface area contributed by atoms with Crippen molar-refractivity contribution in [2.45, 2.75) is 6.37 Å². The van der Waals surface area contributed by atoms with Crippen LogP contribution in [0.3, 0.4) is 0 Å². The summed E-state index contributed by atoms with van der Waals surface area (Å²) in [6.07, 6.45) is -1.44. The maximum atomic E-state index is 8.03. The Balaban J connectivity index is 2.49. The minimum Gasteiger partial charge on any atom is -0.302 e. The summed E-state index contributed by atoms with van der Waals surface area (Å²) >= 11 is 0. The number of hydrogen-bond acceptors (Lipinski definition) is 1. The van der Waals surface area contributed by atoms with Crippen LogP contribution in [-0.2, 0) is 0 Å². The molecule has 68 valence electrons. The van der Waals surface area contributed by atoms with Crippen LogP contribution >= 0.6 is 0 Å². The van der Waals surface area contributed by atoms with E-state index in [1.165, 1.54) is 0 Å². The van der Waals surface area contributed by atoms with Crippen molar-refractivity contribution in [1.29, 1.82) is 0 Å². The van der Waals surface area contributed by atoms with E-state index in [1.807, 2.05) is 42.3 Å². The van der Waals surface area contributed by atoms with Crippen molar-refractivity contribution in [3.05, 3.63) is 41.9 Å². The average molecular weight is 176 g/mol. The molecule has 1 heterocycles. The molecule has 1 aliphatic heterocycles. The van der Waals surface area contributed by atoms with Gasteiger partial charge in [-0.2, -0.15) is 0 Å². The van der Waals surface area contributed by atoms with E-state index >= 15 is 0 Å². The van der Waals surface area contributed by atoms with Crippen LogP contribution in [0.15, 0.2) is 36.4 Å². The molecule has 0 aliphatic carbocycles. The van der Waals surface area contributed by atoms with Crippen molar-refractivity contribution in [3.63, 3.8) is 0 Å². The van der Waals surface area contributed by atoms with Crippen LogP contribution < -0.4 is 0 Å². The summed E-state index contributed by atoms with van der Waals surface area (Å²) in [4.78, 5) is 1.84. The van der Waals surface area contributed by atoms with Crippen LogP contribution in [0.1, 0.15) is 16.0 Å². The highest BCUT2D eigenvalue weighted by atomic mass is 15.1. The van der Waals surface area contributed by atoms with Gasteiger partial charge < -0.3 is 4.90 Å². The second-order valence-electron chi connectivity index (χ2n) is 3.27. The van der Waals surface area contributed by atoms with E-state index in [1.54, 1.807) is 0 Å². The van der Waals surface area contributed by atoms with Gasteiger partial charge in [0.1, 0.15) is 0 Å². The van der Waals surface area contributed by atoms with E-state index in [2.05, 4.69) is 0 Å². The molecular weight excluding hydrogens is 158 g/mol. The molecule has 0 aromatic heterocycles. The molecule has 0 bridgehead atoms. The topological polar surface area (TPSA) is 3.24 Å². The highest BCUT2D eigenvalue weighted by Crippen LogP contribution is 2.20. The minimum absolute atomic E-state index is 0.347. The van der Waals surface area contributed by atoms with Gasteiger partial charge in [0, 0.05) is 15.8 Å². The summed E-state index contributed by atoms with van der Waals surface area (Å²) in [5.41, 5.74) is 1.36. The highest BCUT2D eigenvalue weighted by Gasteiger charge is 2.08. The lowest BCUT2D eigenvalue weighted by Gasteiger charge is -2.21.